The third kappa shape index (κ3) is 4.18. The van der Waals surface area contributed by atoms with Crippen molar-refractivity contribution in [2.75, 3.05) is 6.61 Å². The minimum absolute atomic E-state index is 0.00687. The second-order valence-electron chi connectivity index (χ2n) is 4.84. The summed E-state index contributed by atoms with van der Waals surface area (Å²) in [5, 5.41) is 11.9. The molecule has 19 heavy (non-hydrogen) atoms. The van der Waals surface area contributed by atoms with Gasteiger partial charge in [-0.1, -0.05) is 0 Å². The number of pyridine rings is 1. The van der Waals surface area contributed by atoms with Crippen LogP contribution >= 0.6 is 15.9 Å². The summed E-state index contributed by atoms with van der Waals surface area (Å²) in [6, 6.07) is 3.10. The Bertz CT molecular complexity index is 511. The molecule has 1 aliphatic rings. The highest BCUT2D eigenvalue weighted by atomic mass is 79.9. The van der Waals surface area contributed by atoms with Crippen molar-refractivity contribution < 1.29 is 9.90 Å². The molecule has 1 heterocycles. The maximum atomic E-state index is 11.9. The van der Waals surface area contributed by atoms with Gasteiger partial charge in [0.2, 0.25) is 5.91 Å². The van der Waals surface area contributed by atoms with E-state index in [1.807, 2.05) is 0 Å². The van der Waals surface area contributed by atoms with Crippen molar-refractivity contribution in [2.45, 2.75) is 31.8 Å². The fraction of sp³-hybridized carbons (Fsp3) is 0.538. The Morgan fingerprint density at radius 2 is 2.26 bits per heavy atom. The molecule has 1 aromatic heterocycles. The predicted molar refractivity (Wildman–Crippen MR) is 74.8 cm³/mol. The molecule has 1 fully saturated rings. The summed E-state index contributed by atoms with van der Waals surface area (Å²) < 4.78 is 2.12. The summed E-state index contributed by atoms with van der Waals surface area (Å²) in [7, 11) is 0. The summed E-state index contributed by atoms with van der Waals surface area (Å²) in [6.45, 7) is 0.0746. The molecule has 2 N–H and O–H groups in total. The number of amides is 1. The zero-order valence-corrected chi connectivity index (χ0v) is 12.1. The molecule has 0 radical (unpaired) electrons. The molecule has 0 bridgehead atoms. The van der Waals surface area contributed by atoms with Gasteiger partial charge in [-0.15, -0.1) is 0 Å². The van der Waals surface area contributed by atoms with Gasteiger partial charge in [-0.05, 0) is 47.2 Å². The first-order valence-corrected chi connectivity index (χ1v) is 7.15. The number of aromatic nitrogens is 1. The zero-order chi connectivity index (χ0) is 13.8. The monoisotopic (exact) mass is 328 g/mol. The molecule has 2 rings (SSSR count). The molecule has 0 aliphatic heterocycles. The van der Waals surface area contributed by atoms with Gasteiger partial charge in [-0.25, -0.2) is 0 Å². The minimum atomic E-state index is -0.205. The smallest absolute Gasteiger partial charge is 0.251 e. The summed E-state index contributed by atoms with van der Waals surface area (Å²) >= 11 is 3.27. The number of nitrogens with one attached hydrogen (secondary N) is 1. The van der Waals surface area contributed by atoms with Crippen LogP contribution in [0.5, 0.6) is 0 Å². The summed E-state index contributed by atoms with van der Waals surface area (Å²) in [6.07, 6.45) is 4.37. The Morgan fingerprint density at radius 3 is 2.89 bits per heavy atom. The molecule has 0 aromatic carbocycles. The lowest BCUT2D eigenvalue weighted by molar-refractivity contribution is -0.122. The van der Waals surface area contributed by atoms with E-state index in [1.54, 1.807) is 12.3 Å². The lowest BCUT2D eigenvalue weighted by Crippen LogP contribution is -2.40. The van der Waals surface area contributed by atoms with E-state index in [0.717, 1.165) is 17.3 Å². The Hall–Kier alpha value is -1.14. The van der Waals surface area contributed by atoms with Gasteiger partial charge in [0, 0.05) is 29.4 Å². The molecule has 1 amide bonds. The number of aliphatic hydroxyl groups is 1. The van der Waals surface area contributed by atoms with E-state index >= 15 is 0 Å². The van der Waals surface area contributed by atoms with Gasteiger partial charge in [0.15, 0.2) is 0 Å². The maximum absolute atomic E-state index is 11.9. The highest BCUT2D eigenvalue weighted by Crippen LogP contribution is 2.33. The van der Waals surface area contributed by atoms with Crippen molar-refractivity contribution in [1.82, 2.24) is 9.88 Å². The zero-order valence-electron chi connectivity index (χ0n) is 10.5. The third-order valence-electron chi connectivity index (χ3n) is 3.24. The number of hydrogen-bond donors (Lipinski definition) is 2. The highest BCUT2D eigenvalue weighted by Gasteiger charge is 2.31. The van der Waals surface area contributed by atoms with E-state index in [4.69, 9.17) is 5.11 Å². The Morgan fingerprint density at radius 1 is 1.53 bits per heavy atom. The van der Waals surface area contributed by atoms with Crippen LogP contribution in [0.2, 0.25) is 0 Å². The van der Waals surface area contributed by atoms with Gasteiger partial charge in [0.25, 0.3) is 5.56 Å². The first-order chi connectivity index (χ1) is 9.10. The molecule has 6 heteroatoms. The number of rotatable bonds is 6. The fourth-order valence-electron chi connectivity index (χ4n) is 2.10. The number of hydrogen-bond acceptors (Lipinski definition) is 3. The number of aliphatic hydroxyl groups excluding tert-OH is 1. The Kier molecular flexibility index (Phi) is 4.76. The number of halogens is 1. The van der Waals surface area contributed by atoms with Gasteiger partial charge in [0.1, 0.15) is 6.54 Å². The SMILES string of the molecule is O=C(Cn1cc(Br)ccc1=O)NC(CCO)C1CC1. The lowest BCUT2D eigenvalue weighted by atomic mass is 10.1. The van der Waals surface area contributed by atoms with Crippen molar-refractivity contribution in [2.24, 2.45) is 5.92 Å². The molecule has 0 spiro atoms. The molecule has 5 nitrogen and oxygen atoms in total. The molecule has 1 aromatic rings. The van der Waals surface area contributed by atoms with Gasteiger partial charge >= 0.3 is 0 Å². The molecule has 0 saturated heterocycles. The number of nitrogens with zero attached hydrogens (tertiary/aromatic N) is 1. The van der Waals surface area contributed by atoms with Gasteiger partial charge in [-0.3, -0.25) is 9.59 Å². The average Bonchev–Trinajstić information content (AvgIpc) is 3.17. The summed E-state index contributed by atoms with van der Waals surface area (Å²) in [5.41, 5.74) is -0.205. The van der Waals surface area contributed by atoms with E-state index in [-0.39, 0.29) is 30.7 Å². The van der Waals surface area contributed by atoms with Crippen molar-refractivity contribution in [3.63, 3.8) is 0 Å². The standard InChI is InChI=1S/C13H17BrN2O3/c14-10-3-4-13(19)16(7-10)8-12(18)15-11(5-6-17)9-1-2-9/h3-4,7,9,11,17H,1-2,5-6,8H2,(H,15,18). The van der Waals surface area contributed by atoms with E-state index < -0.39 is 0 Å². The summed E-state index contributed by atoms with van der Waals surface area (Å²) in [5.74, 6) is 0.292. The quantitative estimate of drug-likeness (QED) is 0.814. The molecule has 1 atom stereocenters. The van der Waals surface area contributed by atoms with E-state index in [9.17, 15) is 9.59 Å². The topological polar surface area (TPSA) is 71.3 Å². The molecule has 1 aliphatic carbocycles. The molecule has 1 unspecified atom stereocenters. The van der Waals surface area contributed by atoms with E-state index in [1.165, 1.54) is 10.6 Å². The molecule has 1 saturated carbocycles. The van der Waals surface area contributed by atoms with E-state index in [0.29, 0.717) is 12.3 Å². The van der Waals surface area contributed by atoms with Crippen molar-refractivity contribution in [1.29, 1.82) is 0 Å². The Labute approximate surface area is 119 Å². The van der Waals surface area contributed by atoms with Crippen LogP contribution in [-0.4, -0.2) is 28.2 Å². The van der Waals surface area contributed by atoms with Crippen LogP contribution in [-0.2, 0) is 11.3 Å². The second-order valence-corrected chi connectivity index (χ2v) is 5.75. The van der Waals surface area contributed by atoms with Gasteiger partial charge in [0.05, 0.1) is 0 Å². The minimum Gasteiger partial charge on any atom is -0.396 e. The molecular weight excluding hydrogens is 312 g/mol. The number of carbonyl (C=O) groups excluding carboxylic acids is 1. The van der Waals surface area contributed by atoms with Crippen LogP contribution in [0.1, 0.15) is 19.3 Å². The van der Waals surface area contributed by atoms with Crippen LogP contribution in [0.4, 0.5) is 0 Å². The first kappa shape index (κ1) is 14.3. The van der Waals surface area contributed by atoms with Crippen molar-refractivity contribution >= 4 is 21.8 Å². The van der Waals surface area contributed by atoms with Crippen LogP contribution in [0.25, 0.3) is 0 Å². The largest absolute Gasteiger partial charge is 0.396 e. The second kappa shape index (κ2) is 6.34. The van der Waals surface area contributed by atoms with Gasteiger partial charge < -0.3 is 15.0 Å². The van der Waals surface area contributed by atoms with Crippen molar-refractivity contribution in [3.05, 3.63) is 33.2 Å². The number of carbonyl (C=O) groups is 1. The van der Waals surface area contributed by atoms with Crippen molar-refractivity contribution in [3.8, 4) is 0 Å². The molecular formula is C13H17BrN2O3. The van der Waals surface area contributed by atoms with Crippen LogP contribution in [0.3, 0.4) is 0 Å². The lowest BCUT2D eigenvalue weighted by Gasteiger charge is -2.17. The summed E-state index contributed by atoms with van der Waals surface area (Å²) in [4.78, 5) is 23.5. The third-order valence-corrected chi connectivity index (χ3v) is 3.71. The fourth-order valence-corrected chi connectivity index (χ4v) is 2.48. The maximum Gasteiger partial charge on any atom is 0.251 e. The van der Waals surface area contributed by atoms with E-state index in [2.05, 4.69) is 21.2 Å². The highest BCUT2D eigenvalue weighted by molar-refractivity contribution is 9.10. The van der Waals surface area contributed by atoms with Crippen LogP contribution in [0, 0.1) is 5.92 Å². The normalized spacial score (nSPS) is 16.1. The first-order valence-electron chi connectivity index (χ1n) is 6.36. The van der Waals surface area contributed by atoms with Gasteiger partial charge in [-0.2, -0.15) is 0 Å². The molecule has 104 valence electrons. The average molecular weight is 329 g/mol. The van der Waals surface area contributed by atoms with Crippen LogP contribution < -0.4 is 10.9 Å². The Balaban J connectivity index is 1.96. The van der Waals surface area contributed by atoms with Crippen LogP contribution in [0.15, 0.2) is 27.6 Å². The predicted octanol–water partition coefficient (Wildman–Crippen LogP) is 0.888.